The predicted octanol–water partition coefficient (Wildman–Crippen LogP) is 4.79. The molecule has 1 aromatic carbocycles. The summed E-state index contributed by atoms with van der Waals surface area (Å²) in [5.41, 5.74) is 1.52. The lowest BCUT2D eigenvalue weighted by Gasteiger charge is -2.35. The van der Waals surface area contributed by atoms with Crippen molar-refractivity contribution in [1.82, 2.24) is 4.90 Å². The van der Waals surface area contributed by atoms with Crippen LogP contribution in [0.4, 0.5) is 0 Å². The van der Waals surface area contributed by atoms with E-state index in [1.54, 1.807) is 0 Å². The molecule has 0 saturated carbocycles. The van der Waals surface area contributed by atoms with Crippen LogP contribution < -0.4 is 0 Å². The van der Waals surface area contributed by atoms with Gasteiger partial charge in [-0.25, -0.2) is 0 Å². The van der Waals surface area contributed by atoms with Crippen molar-refractivity contribution in [3.8, 4) is 0 Å². The van der Waals surface area contributed by atoms with Gasteiger partial charge in [-0.15, -0.1) is 0 Å². The van der Waals surface area contributed by atoms with Crippen molar-refractivity contribution in [3.05, 3.63) is 35.9 Å². The molecule has 1 heterocycles. The molecule has 1 nitrogen and oxygen atoms in total. The zero-order valence-corrected chi connectivity index (χ0v) is 11.8. The third-order valence-electron chi connectivity index (χ3n) is 4.10. The molecule has 1 fully saturated rings. The first-order chi connectivity index (χ1) is 8.92. The van der Waals surface area contributed by atoms with Gasteiger partial charge in [0, 0.05) is 6.04 Å². The molecule has 0 N–H and O–H groups in total. The highest BCUT2D eigenvalue weighted by Gasteiger charge is 2.21. The topological polar surface area (TPSA) is 3.24 Å². The number of rotatable bonds is 6. The van der Waals surface area contributed by atoms with Crippen LogP contribution in [0.1, 0.15) is 63.5 Å². The Balaban J connectivity index is 2.01. The van der Waals surface area contributed by atoms with Crippen LogP contribution in [-0.2, 0) is 0 Å². The molecule has 1 heteroatoms. The summed E-state index contributed by atoms with van der Waals surface area (Å²) in [4.78, 5) is 2.72. The van der Waals surface area contributed by atoms with Gasteiger partial charge in [0.2, 0.25) is 0 Å². The number of nitrogens with zero attached hydrogens (tertiary/aromatic N) is 1. The predicted molar refractivity (Wildman–Crippen MR) is 78.7 cm³/mol. The van der Waals surface area contributed by atoms with Gasteiger partial charge in [0.25, 0.3) is 0 Å². The first-order valence-corrected chi connectivity index (χ1v) is 7.71. The van der Waals surface area contributed by atoms with E-state index in [0.29, 0.717) is 6.04 Å². The number of hydrogen-bond donors (Lipinski definition) is 0. The zero-order valence-electron chi connectivity index (χ0n) is 11.8. The molecule has 0 spiro atoms. The van der Waals surface area contributed by atoms with Crippen LogP contribution in [0, 0.1) is 0 Å². The Hall–Kier alpha value is -0.820. The Labute approximate surface area is 112 Å². The lowest BCUT2D eigenvalue weighted by atomic mass is 9.96. The lowest BCUT2D eigenvalue weighted by molar-refractivity contribution is 0.153. The third kappa shape index (κ3) is 3.84. The monoisotopic (exact) mass is 245 g/mol. The van der Waals surface area contributed by atoms with Crippen LogP contribution in [0.2, 0.25) is 0 Å². The van der Waals surface area contributed by atoms with E-state index in [0.717, 1.165) is 0 Å². The van der Waals surface area contributed by atoms with Gasteiger partial charge >= 0.3 is 0 Å². The van der Waals surface area contributed by atoms with E-state index >= 15 is 0 Å². The quantitative estimate of drug-likeness (QED) is 0.651. The minimum Gasteiger partial charge on any atom is -0.296 e. The smallest absolute Gasteiger partial charge is 0.0348 e. The first kappa shape index (κ1) is 13.6. The average molecular weight is 245 g/mol. The van der Waals surface area contributed by atoms with Crippen LogP contribution >= 0.6 is 0 Å². The Kier molecular flexibility index (Phi) is 5.73. The Morgan fingerprint density at radius 3 is 2.39 bits per heavy atom. The zero-order chi connectivity index (χ0) is 12.6. The van der Waals surface area contributed by atoms with E-state index in [1.165, 1.54) is 63.6 Å². The number of benzene rings is 1. The van der Waals surface area contributed by atoms with Gasteiger partial charge in [0.1, 0.15) is 0 Å². The number of hydrogen-bond acceptors (Lipinski definition) is 1. The molecule has 0 aromatic heterocycles. The van der Waals surface area contributed by atoms with Gasteiger partial charge in [0.05, 0.1) is 0 Å². The molecular weight excluding hydrogens is 218 g/mol. The highest BCUT2D eigenvalue weighted by atomic mass is 15.2. The summed E-state index contributed by atoms with van der Waals surface area (Å²) in [6.45, 7) is 4.88. The SMILES string of the molecule is CCCCC[C@@H](c1ccccc1)N1CCCCC1. The second kappa shape index (κ2) is 7.58. The first-order valence-electron chi connectivity index (χ1n) is 7.71. The van der Waals surface area contributed by atoms with Gasteiger partial charge in [-0.05, 0) is 37.9 Å². The van der Waals surface area contributed by atoms with Gasteiger partial charge in [-0.1, -0.05) is 62.9 Å². The molecule has 18 heavy (non-hydrogen) atoms. The lowest BCUT2D eigenvalue weighted by Crippen LogP contribution is -2.33. The molecule has 0 unspecified atom stereocenters. The van der Waals surface area contributed by atoms with Crippen molar-refractivity contribution in [2.75, 3.05) is 13.1 Å². The van der Waals surface area contributed by atoms with Crippen LogP contribution in [-0.4, -0.2) is 18.0 Å². The van der Waals surface area contributed by atoms with Crippen molar-refractivity contribution >= 4 is 0 Å². The normalized spacial score (nSPS) is 18.7. The molecule has 0 bridgehead atoms. The van der Waals surface area contributed by atoms with E-state index in [2.05, 4.69) is 42.2 Å². The van der Waals surface area contributed by atoms with Crippen LogP contribution in [0.15, 0.2) is 30.3 Å². The fourth-order valence-corrected chi connectivity index (χ4v) is 3.05. The van der Waals surface area contributed by atoms with E-state index in [1.807, 2.05) is 0 Å². The van der Waals surface area contributed by atoms with Crippen LogP contribution in [0.3, 0.4) is 0 Å². The fourth-order valence-electron chi connectivity index (χ4n) is 3.05. The maximum Gasteiger partial charge on any atom is 0.0348 e. The number of likely N-dealkylation sites (tertiary alicyclic amines) is 1. The highest BCUT2D eigenvalue weighted by Crippen LogP contribution is 2.29. The second-order valence-electron chi connectivity index (χ2n) is 5.52. The van der Waals surface area contributed by atoms with Gasteiger partial charge in [-0.2, -0.15) is 0 Å². The summed E-state index contributed by atoms with van der Waals surface area (Å²) in [6, 6.07) is 11.8. The minimum atomic E-state index is 0.665. The largest absolute Gasteiger partial charge is 0.296 e. The fraction of sp³-hybridized carbons (Fsp3) is 0.647. The molecule has 1 atom stereocenters. The second-order valence-corrected chi connectivity index (χ2v) is 5.52. The van der Waals surface area contributed by atoms with Crippen molar-refractivity contribution < 1.29 is 0 Å². The maximum atomic E-state index is 2.72. The molecule has 0 radical (unpaired) electrons. The summed E-state index contributed by atoms with van der Waals surface area (Å²) >= 11 is 0. The Morgan fingerprint density at radius 2 is 1.72 bits per heavy atom. The molecule has 1 aliphatic rings. The molecule has 2 rings (SSSR count). The van der Waals surface area contributed by atoms with Gasteiger partial charge < -0.3 is 0 Å². The molecule has 0 amide bonds. The number of unbranched alkanes of at least 4 members (excludes halogenated alkanes) is 2. The summed E-state index contributed by atoms with van der Waals surface area (Å²) in [6.07, 6.45) is 9.59. The van der Waals surface area contributed by atoms with Crippen molar-refractivity contribution in [1.29, 1.82) is 0 Å². The molecule has 0 aliphatic carbocycles. The van der Waals surface area contributed by atoms with Crippen molar-refractivity contribution in [2.24, 2.45) is 0 Å². The maximum absolute atomic E-state index is 2.72. The standard InChI is InChI=1S/C17H27N/c1-2-3-6-13-17(16-11-7-4-8-12-16)18-14-9-5-10-15-18/h4,7-8,11-12,17H,2-3,5-6,9-10,13-15H2,1H3/t17-/m0/s1. The Morgan fingerprint density at radius 1 is 1.00 bits per heavy atom. The van der Waals surface area contributed by atoms with Crippen LogP contribution in [0.5, 0.6) is 0 Å². The minimum absolute atomic E-state index is 0.665. The number of piperidine rings is 1. The molecular formula is C17H27N. The van der Waals surface area contributed by atoms with E-state index in [-0.39, 0.29) is 0 Å². The molecule has 100 valence electrons. The van der Waals surface area contributed by atoms with Crippen molar-refractivity contribution in [3.63, 3.8) is 0 Å². The highest BCUT2D eigenvalue weighted by molar-refractivity contribution is 5.19. The van der Waals surface area contributed by atoms with Gasteiger partial charge in [-0.3, -0.25) is 4.90 Å². The summed E-state index contributed by atoms with van der Waals surface area (Å²) in [7, 11) is 0. The summed E-state index contributed by atoms with van der Waals surface area (Å²) in [5, 5.41) is 0. The summed E-state index contributed by atoms with van der Waals surface area (Å²) < 4.78 is 0. The molecule has 1 saturated heterocycles. The average Bonchev–Trinajstić information content (AvgIpc) is 2.46. The molecule has 1 aliphatic heterocycles. The Bertz CT molecular complexity index is 314. The van der Waals surface area contributed by atoms with E-state index in [9.17, 15) is 0 Å². The summed E-state index contributed by atoms with van der Waals surface area (Å²) in [5.74, 6) is 0. The third-order valence-corrected chi connectivity index (χ3v) is 4.10. The molecule has 1 aromatic rings. The van der Waals surface area contributed by atoms with Crippen LogP contribution in [0.25, 0.3) is 0 Å². The van der Waals surface area contributed by atoms with E-state index in [4.69, 9.17) is 0 Å². The van der Waals surface area contributed by atoms with Crippen molar-refractivity contribution in [2.45, 2.75) is 57.9 Å². The van der Waals surface area contributed by atoms with Gasteiger partial charge in [0.15, 0.2) is 0 Å². The van der Waals surface area contributed by atoms with E-state index < -0.39 is 0 Å².